The Morgan fingerprint density at radius 1 is 1.37 bits per heavy atom. The molecular weight excluding hydrogens is 262 g/mol. The largest absolute Gasteiger partial charge is 0.468 e. The van der Waals surface area contributed by atoms with Gasteiger partial charge >= 0.3 is 5.97 Å². The minimum Gasteiger partial charge on any atom is -0.468 e. The second-order valence-electron chi connectivity index (χ2n) is 5.01. The van der Waals surface area contributed by atoms with Crippen molar-refractivity contribution < 1.29 is 9.53 Å². The number of rotatable bonds is 4. The molecule has 1 aliphatic rings. The maximum absolute atomic E-state index is 12.0. The molecule has 2 rings (SSSR count). The van der Waals surface area contributed by atoms with E-state index in [0.717, 1.165) is 18.4 Å². The van der Waals surface area contributed by atoms with Crippen molar-refractivity contribution >= 4 is 17.6 Å². The molecule has 1 saturated carbocycles. The van der Waals surface area contributed by atoms with Crippen LogP contribution in [0.2, 0.25) is 5.02 Å². The number of ether oxygens (including phenoxy) is 1. The quantitative estimate of drug-likeness (QED) is 0.859. The van der Waals surface area contributed by atoms with Crippen molar-refractivity contribution in [3.05, 3.63) is 34.9 Å². The van der Waals surface area contributed by atoms with Gasteiger partial charge in [-0.3, -0.25) is 5.32 Å². The summed E-state index contributed by atoms with van der Waals surface area (Å²) >= 11 is 6.00. The number of benzene rings is 1. The maximum Gasteiger partial charge on any atom is 0.327 e. The number of carbonyl (C=O) groups is 1. The minimum atomic E-state index is -0.424. The summed E-state index contributed by atoms with van der Waals surface area (Å²) in [6, 6.07) is 7.35. The van der Waals surface area contributed by atoms with E-state index in [2.05, 4.69) is 5.32 Å². The van der Waals surface area contributed by atoms with Gasteiger partial charge in [-0.1, -0.05) is 43.0 Å². The molecule has 1 aliphatic carbocycles. The monoisotopic (exact) mass is 281 g/mol. The van der Waals surface area contributed by atoms with Crippen LogP contribution in [0.4, 0.5) is 0 Å². The number of carbonyl (C=O) groups excluding carboxylic acids is 1. The van der Waals surface area contributed by atoms with Gasteiger partial charge in [-0.25, -0.2) is 4.79 Å². The summed E-state index contributed by atoms with van der Waals surface area (Å²) in [5.74, 6) is -0.257. The zero-order valence-corrected chi connectivity index (χ0v) is 12.0. The first-order valence-corrected chi connectivity index (χ1v) is 7.18. The van der Waals surface area contributed by atoms with Gasteiger partial charge in [0, 0.05) is 11.1 Å². The highest BCUT2D eigenvalue weighted by atomic mass is 35.5. The highest BCUT2D eigenvalue weighted by Gasteiger charge is 2.25. The number of nitrogens with one attached hydrogen (secondary N) is 1. The van der Waals surface area contributed by atoms with E-state index in [1.54, 1.807) is 6.07 Å². The molecule has 0 radical (unpaired) electrons. The van der Waals surface area contributed by atoms with Crippen LogP contribution in [0, 0.1) is 0 Å². The van der Waals surface area contributed by atoms with E-state index in [1.165, 1.54) is 26.4 Å². The second-order valence-corrected chi connectivity index (χ2v) is 5.45. The van der Waals surface area contributed by atoms with E-state index in [4.69, 9.17) is 16.3 Å². The predicted molar refractivity (Wildman–Crippen MR) is 76.2 cm³/mol. The lowest BCUT2D eigenvalue weighted by Crippen LogP contribution is -2.38. The second kappa shape index (κ2) is 6.92. The molecule has 0 aromatic heterocycles. The zero-order valence-electron chi connectivity index (χ0n) is 11.2. The van der Waals surface area contributed by atoms with Crippen molar-refractivity contribution in [3.8, 4) is 0 Å². The van der Waals surface area contributed by atoms with E-state index in [1.807, 2.05) is 18.2 Å². The standard InChI is InChI=1S/C15H20ClNO2/c1-19-15(18)14(11-6-5-7-12(16)10-11)17-13-8-3-2-4-9-13/h5-7,10,13-14,17H,2-4,8-9H2,1H3. The summed E-state index contributed by atoms with van der Waals surface area (Å²) in [6.45, 7) is 0. The normalized spacial score (nSPS) is 18.0. The van der Waals surface area contributed by atoms with Crippen molar-refractivity contribution in [2.24, 2.45) is 0 Å². The van der Waals surface area contributed by atoms with Crippen LogP contribution < -0.4 is 5.32 Å². The van der Waals surface area contributed by atoms with Gasteiger partial charge in [0.1, 0.15) is 6.04 Å². The molecule has 4 heteroatoms. The molecule has 0 amide bonds. The molecule has 0 spiro atoms. The van der Waals surface area contributed by atoms with Crippen LogP contribution >= 0.6 is 11.6 Å². The summed E-state index contributed by atoms with van der Waals surface area (Å²) in [6.07, 6.45) is 5.97. The van der Waals surface area contributed by atoms with Gasteiger partial charge < -0.3 is 4.74 Å². The average molecular weight is 282 g/mol. The summed E-state index contributed by atoms with van der Waals surface area (Å²) in [5, 5.41) is 4.05. The van der Waals surface area contributed by atoms with Crippen LogP contribution in [0.25, 0.3) is 0 Å². The molecular formula is C15H20ClNO2. The fourth-order valence-corrected chi connectivity index (χ4v) is 2.81. The third kappa shape index (κ3) is 3.95. The van der Waals surface area contributed by atoms with Gasteiger partial charge in [0.2, 0.25) is 0 Å². The summed E-state index contributed by atoms with van der Waals surface area (Å²) in [7, 11) is 1.42. The lowest BCUT2D eigenvalue weighted by molar-refractivity contribution is -0.143. The highest BCUT2D eigenvalue weighted by Crippen LogP contribution is 2.24. The zero-order chi connectivity index (χ0) is 13.7. The Balaban J connectivity index is 2.13. The molecule has 3 nitrogen and oxygen atoms in total. The Bertz CT molecular complexity index is 430. The lowest BCUT2D eigenvalue weighted by atomic mass is 9.94. The Morgan fingerprint density at radius 3 is 2.74 bits per heavy atom. The first-order chi connectivity index (χ1) is 9.20. The predicted octanol–water partition coefficient (Wildman–Crippen LogP) is 3.48. The maximum atomic E-state index is 12.0. The summed E-state index contributed by atoms with van der Waals surface area (Å²) in [4.78, 5) is 12.0. The van der Waals surface area contributed by atoms with Gasteiger partial charge in [-0.05, 0) is 30.5 Å². The smallest absolute Gasteiger partial charge is 0.327 e. The fraction of sp³-hybridized carbons (Fsp3) is 0.533. The molecule has 0 aliphatic heterocycles. The number of hydrogen-bond acceptors (Lipinski definition) is 3. The van der Waals surface area contributed by atoms with E-state index >= 15 is 0 Å². The average Bonchev–Trinajstić information content (AvgIpc) is 2.45. The molecule has 19 heavy (non-hydrogen) atoms. The summed E-state index contributed by atoms with van der Waals surface area (Å²) in [5.41, 5.74) is 0.866. The lowest BCUT2D eigenvalue weighted by Gasteiger charge is -2.27. The minimum absolute atomic E-state index is 0.257. The highest BCUT2D eigenvalue weighted by molar-refractivity contribution is 6.30. The van der Waals surface area contributed by atoms with Crippen LogP contribution in [0.3, 0.4) is 0 Å². The van der Waals surface area contributed by atoms with Gasteiger partial charge in [0.15, 0.2) is 0 Å². The molecule has 1 aromatic rings. The van der Waals surface area contributed by atoms with Gasteiger partial charge in [0.25, 0.3) is 0 Å². The Kier molecular flexibility index (Phi) is 5.23. The van der Waals surface area contributed by atoms with Crippen molar-refractivity contribution in [1.29, 1.82) is 0 Å². The van der Waals surface area contributed by atoms with Gasteiger partial charge in [-0.15, -0.1) is 0 Å². The summed E-state index contributed by atoms with van der Waals surface area (Å²) < 4.78 is 4.90. The third-order valence-electron chi connectivity index (χ3n) is 3.63. The molecule has 1 aromatic carbocycles. The molecule has 1 N–H and O–H groups in total. The van der Waals surface area contributed by atoms with Crippen LogP contribution in [0.5, 0.6) is 0 Å². The first kappa shape index (κ1) is 14.4. The van der Waals surface area contributed by atoms with Crippen molar-refractivity contribution in [3.63, 3.8) is 0 Å². The van der Waals surface area contributed by atoms with E-state index in [0.29, 0.717) is 11.1 Å². The van der Waals surface area contributed by atoms with Crippen LogP contribution in [-0.2, 0) is 9.53 Å². The number of hydrogen-bond donors (Lipinski definition) is 1. The Morgan fingerprint density at radius 2 is 2.11 bits per heavy atom. The molecule has 104 valence electrons. The van der Waals surface area contributed by atoms with Crippen LogP contribution in [0.1, 0.15) is 43.7 Å². The van der Waals surface area contributed by atoms with Gasteiger partial charge in [0.05, 0.1) is 7.11 Å². The van der Waals surface area contributed by atoms with Crippen LogP contribution in [-0.4, -0.2) is 19.1 Å². The van der Waals surface area contributed by atoms with Gasteiger partial charge in [-0.2, -0.15) is 0 Å². The Labute approximate surface area is 119 Å². The molecule has 1 atom stereocenters. The van der Waals surface area contributed by atoms with Crippen LogP contribution in [0.15, 0.2) is 24.3 Å². The molecule has 0 bridgehead atoms. The fourth-order valence-electron chi connectivity index (χ4n) is 2.61. The van der Waals surface area contributed by atoms with E-state index in [-0.39, 0.29) is 5.97 Å². The van der Waals surface area contributed by atoms with E-state index < -0.39 is 6.04 Å². The third-order valence-corrected chi connectivity index (χ3v) is 3.86. The molecule has 1 unspecified atom stereocenters. The molecule has 1 fully saturated rings. The topological polar surface area (TPSA) is 38.3 Å². The molecule has 0 heterocycles. The number of methoxy groups -OCH3 is 1. The van der Waals surface area contributed by atoms with Crippen molar-refractivity contribution in [2.75, 3.05) is 7.11 Å². The first-order valence-electron chi connectivity index (χ1n) is 6.80. The Hall–Kier alpha value is -1.06. The van der Waals surface area contributed by atoms with E-state index in [9.17, 15) is 4.79 Å². The number of halogens is 1. The molecule has 0 saturated heterocycles. The number of esters is 1. The SMILES string of the molecule is COC(=O)C(NC1CCCCC1)c1cccc(Cl)c1. The van der Waals surface area contributed by atoms with Crippen molar-refractivity contribution in [2.45, 2.75) is 44.2 Å². The van der Waals surface area contributed by atoms with Crippen molar-refractivity contribution in [1.82, 2.24) is 5.32 Å².